The first kappa shape index (κ1) is 19.3. The van der Waals surface area contributed by atoms with Crippen molar-refractivity contribution in [3.8, 4) is 18.1 Å². The van der Waals surface area contributed by atoms with Crippen molar-refractivity contribution < 1.29 is 19.1 Å². The summed E-state index contributed by atoms with van der Waals surface area (Å²) in [6.45, 7) is 3.02. The zero-order valence-electron chi connectivity index (χ0n) is 14.8. The van der Waals surface area contributed by atoms with Crippen LogP contribution in [-0.2, 0) is 14.4 Å². The highest BCUT2D eigenvalue weighted by molar-refractivity contribution is 6.01. The smallest absolute Gasteiger partial charge is 0.227 e. The third kappa shape index (κ3) is 4.99. The minimum Gasteiger partial charge on any atom is -0.492 e. The molecule has 1 heterocycles. The summed E-state index contributed by atoms with van der Waals surface area (Å²) in [7, 11) is 0. The fraction of sp³-hybridized carbons (Fsp3) is 0.421. The Labute approximate surface area is 153 Å². The summed E-state index contributed by atoms with van der Waals surface area (Å²) >= 11 is 0. The minimum atomic E-state index is -0.453. The van der Waals surface area contributed by atoms with E-state index in [0.717, 1.165) is 0 Å². The van der Waals surface area contributed by atoms with E-state index < -0.39 is 5.92 Å². The first-order valence-electron chi connectivity index (χ1n) is 8.56. The Morgan fingerprint density at radius 3 is 2.85 bits per heavy atom. The highest BCUT2D eigenvalue weighted by Crippen LogP contribution is 2.33. The van der Waals surface area contributed by atoms with Gasteiger partial charge in [-0.25, -0.2) is 0 Å². The molecule has 0 bridgehead atoms. The molecule has 3 amide bonds. The monoisotopic (exact) mass is 357 g/mol. The number of ether oxygens (including phenoxy) is 1. The Bertz CT molecular complexity index is 711. The number of rotatable bonds is 8. The van der Waals surface area contributed by atoms with Gasteiger partial charge in [-0.3, -0.25) is 14.4 Å². The lowest BCUT2D eigenvalue weighted by Gasteiger charge is -2.20. The summed E-state index contributed by atoms with van der Waals surface area (Å²) in [5.41, 5.74) is 0.670. The first-order valence-corrected chi connectivity index (χ1v) is 8.56. The summed E-state index contributed by atoms with van der Waals surface area (Å²) in [5.74, 6) is 1.89. The third-order valence-corrected chi connectivity index (χ3v) is 3.99. The van der Waals surface area contributed by atoms with Crippen molar-refractivity contribution in [1.29, 1.82) is 0 Å². The molecule has 1 aliphatic rings. The normalized spacial score (nSPS) is 16.1. The SMILES string of the molecule is C#CCNC(=O)CCNC(=O)C1CC(=O)N(c2ccccc2OCC)C1. The number of hydrogen-bond acceptors (Lipinski definition) is 4. The van der Waals surface area contributed by atoms with Crippen LogP contribution >= 0.6 is 0 Å². The van der Waals surface area contributed by atoms with Crippen LogP contribution in [0.5, 0.6) is 5.75 Å². The highest BCUT2D eigenvalue weighted by atomic mass is 16.5. The lowest BCUT2D eigenvalue weighted by molar-refractivity contribution is -0.126. The predicted molar refractivity (Wildman–Crippen MR) is 97.5 cm³/mol. The number of terminal acetylenes is 1. The van der Waals surface area contributed by atoms with Crippen LogP contribution in [-0.4, -0.2) is 44.0 Å². The maximum absolute atomic E-state index is 12.4. The van der Waals surface area contributed by atoms with Crippen LogP contribution in [0, 0.1) is 18.3 Å². The molecule has 7 nitrogen and oxygen atoms in total. The van der Waals surface area contributed by atoms with Crippen molar-refractivity contribution in [3.05, 3.63) is 24.3 Å². The number of nitrogens with one attached hydrogen (secondary N) is 2. The molecular formula is C19H23N3O4. The van der Waals surface area contributed by atoms with E-state index in [-0.39, 0.29) is 50.2 Å². The van der Waals surface area contributed by atoms with Gasteiger partial charge in [-0.2, -0.15) is 0 Å². The van der Waals surface area contributed by atoms with Gasteiger partial charge in [0.05, 0.1) is 24.8 Å². The molecule has 1 aromatic rings. The van der Waals surface area contributed by atoms with E-state index in [2.05, 4.69) is 16.6 Å². The van der Waals surface area contributed by atoms with E-state index in [9.17, 15) is 14.4 Å². The molecule has 1 atom stereocenters. The molecule has 1 fully saturated rings. The van der Waals surface area contributed by atoms with E-state index in [0.29, 0.717) is 18.0 Å². The van der Waals surface area contributed by atoms with Gasteiger partial charge in [-0.15, -0.1) is 6.42 Å². The number of nitrogens with zero attached hydrogens (tertiary/aromatic N) is 1. The van der Waals surface area contributed by atoms with Gasteiger partial charge in [0.2, 0.25) is 17.7 Å². The van der Waals surface area contributed by atoms with Gasteiger partial charge in [0.15, 0.2) is 0 Å². The van der Waals surface area contributed by atoms with Gasteiger partial charge in [-0.05, 0) is 19.1 Å². The average Bonchev–Trinajstić information content (AvgIpc) is 3.02. The molecule has 138 valence electrons. The van der Waals surface area contributed by atoms with Gasteiger partial charge in [0.25, 0.3) is 0 Å². The van der Waals surface area contributed by atoms with Crippen molar-refractivity contribution in [2.24, 2.45) is 5.92 Å². The molecule has 26 heavy (non-hydrogen) atoms. The molecule has 2 N–H and O–H groups in total. The first-order chi connectivity index (χ1) is 12.6. The Balaban J connectivity index is 1.90. The number of amides is 3. The fourth-order valence-electron chi connectivity index (χ4n) is 2.76. The van der Waals surface area contributed by atoms with E-state index >= 15 is 0 Å². The maximum Gasteiger partial charge on any atom is 0.227 e. The Kier molecular flexibility index (Phi) is 7.03. The number of para-hydroxylation sites is 2. The van der Waals surface area contributed by atoms with Crippen LogP contribution in [0.25, 0.3) is 0 Å². The summed E-state index contributed by atoms with van der Waals surface area (Å²) in [6.07, 6.45) is 5.34. The molecule has 1 aliphatic heterocycles. The van der Waals surface area contributed by atoms with Crippen LogP contribution in [0.4, 0.5) is 5.69 Å². The van der Waals surface area contributed by atoms with Gasteiger partial charge >= 0.3 is 0 Å². The predicted octanol–water partition coefficient (Wildman–Crippen LogP) is 0.694. The number of carbonyl (C=O) groups is 3. The number of carbonyl (C=O) groups excluding carboxylic acids is 3. The second-order valence-corrected chi connectivity index (χ2v) is 5.83. The minimum absolute atomic E-state index is 0.121. The molecule has 0 saturated carbocycles. The van der Waals surface area contributed by atoms with Crippen molar-refractivity contribution >= 4 is 23.4 Å². The van der Waals surface area contributed by atoms with Crippen LogP contribution in [0.2, 0.25) is 0 Å². The third-order valence-electron chi connectivity index (χ3n) is 3.99. The zero-order valence-corrected chi connectivity index (χ0v) is 14.8. The molecule has 1 unspecified atom stereocenters. The summed E-state index contributed by atoms with van der Waals surface area (Å²) in [4.78, 5) is 37.7. The summed E-state index contributed by atoms with van der Waals surface area (Å²) < 4.78 is 5.56. The molecule has 2 rings (SSSR count). The standard InChI is InChI=1S/C19H23N3O4/c1-3-10-20-17(23)9-11-21-19(25)14-12-18(24)22(13-14)15-7-5-6-8-16(15)26-4-2/h1,5-8,14H,4,9-13H2,2H3,(H,20,23)(H,21,25). The summed E-state index contributed by atoms with van der Waals surface area (Å²) in [6, 6.07) is 7.27. The Morgan fingerprint density at radius 1 is 1.35 bits per heavy atom. The zero-order chi connectivity index (χ0) is 18.9. The van der Waals surface area contributed by atoms with Gasteiger partial charge in [0.1, 0.15) is 5.75 Å². The van der Waals surface area contributed by atoms with Gasteiger partial charge in [0, 0.05) is 25.9 Å². The van der Waals surface area contributed by atoms with Gasteiger partial charge < -0.3 is 20.3 Å². The lowest BCUT2D eigenvalue weighted by atomic mass is 10.1. The molecule has 1 saturated heterocycles. The van der Waals surface area contributed by atoms with E-state index in [1.165, 1.54) is 0 Å². The number of hydrogen-bond donors (Lipinski definition) is 2. The second kappa shape index (κ2) is 9.47. The molecule has 0 aromatic heterocycles. The molecule has 7 heteroatoms. The summed E-state index contributed by atoms with van der Waals surface area (Å²) in [5, 5.41) is 5.23. The Morgan fingerprint density at radius 2 is 2.12 bits per heavy atom. The van der Waals surface area contributed by atoms with Crippen molar-refractivity contribution in [2.75, 3.05) is 31.1 Å². The van der Waals surface area contributed by atoms with Crippen LogP contribution in [0.1, 0.15) is 19.8 Å². The van der Waals surface area contributed by atoms with E-state index in [1.807, 2.05) is 19.1 Å². The average molecular weight is 357 g/mol. The van der Waals surface area contributed by atoms with Crippen LogP contribution < -0.4 is 20.3 Å². The molecule has 0 radical (unpaired) electrons. The molecular weight excluding hydrogens is 334 g/mol. The maximum atomic E-state index is 12.4. The van der Waals surface area contributed by atoms with Crippen LogP contribution in [0.15, 0.2) is 24.3 Å². The number of benzene rings is 1. The van der Waals surface area contributed by atoms with Crippen molar-refractivity contribution in [3.63, 3.8) is 0 Å². The van der Waals surface area contributed by atoms with Crippen LogP contribution in [0.3, 0.4) is 0 Å². The topological polar surface area (TPSA) is 87.7 Å². The molecule has 0 spiro atoms. The lowest BCUT2D eigenvalue weighted by Crippen LogP contribution is -2.35. The Hall–Kier alpha value is -3.01. The van der Waals surface area contributed by atoms with Crippen molar-refractivity contribution in [2.45, 2.75) is 19.8 Å². The van der Waals surface area contributed by atoms with E-state index in [1.54, 1.807) is 17.0 Å². The largest absolute Gasteiger partial charge is 0.492 e. The quantitative estimate of drug-likeness (QED) is 0.670. The highest BCUT2D eigenvalue weighted by Gasteiger charge is 2.36. The number of anilines is 1. The van der Waals surface area contributed by atoms with Crippen molar-refractivity contribution in [1.82, 2.24) is 10.6 Å². The molecule has 1 aromatic carbocycles. The second-order valence-electron chi connectivity index (χ2n) is 5.83. The van der Waals surface area contributed by atoms with E-state index in [4.69, 9.17) is 11.2 Å². The molecule has 0 aliphatic carbocycles. The van der Waals surface area contributed by atoms with Gasteiger partial charge in [-0.1, -0.05) is 18.1 Å². The fourth-order valence-corrected chi connectivity index (χ4v) is 2.76.